The van der Waals surface area contributed by atoms with Gasteiger partial charge in [-0.2, -0.15) is 10.5 Å². The maximum atomic E-state index is 8.51. The Morgan fingerprint density at radius 3 is 2.91 bits per heavy atom. The second-order valence-corrected chi connectivity index (χ2v) is 1.75. The van der Waals surface area contributed by atoms with E-state index in [0.29, 0.717) is 11.4 Å². The molecule has 1 aromatic rings. The average Bonchev–Trinajstić information content (AvgIpc) is 2.06. The summed E-state index contributed by atoms with van der Waals surface area (Å²) < 4.78 is 0. The maximum absolute atomic E-state index is 8.51. The number of nitrogens with one attached hydrogen (secondary N) is 1. The lowest BCUT2D eigenvalue weighted by atomic mass is 10.3. The minimum atomic E-state index is 0.303. The van der Waals surface area contributed by atoms with Crippen LogP contribution in [0.2, 0.25) is 0 Å². The lowest BCUT2D eigenvalue weighted by Crippen LogP contribution is -1.93. The topological polar surface area (TPSA) is 72.5 Å². The molecule has 0 unspecified atom stereocenters. The highest BCUT2D eigenvalue weighted by molar-refractivity contribution is 5.53. The third-order valence-electron chi connectivity index (χ3n) is 1.10. The Morgan fingerprint density at radius 2 is 2.27 bits per heavy atom. The van der Waals surface area contributed by atoms with Gasteiger partial charge in [-0.15, -0.1) is 0 Å². The molecule has 0 saturated carbocycles. The van der Waals surface area contributed by atoms with E-state index in [2.05, 4.69) is 10.3 Å². The molecule has 0 amide bonds. The standard InChI is InChI=1S/C7H4N4/c8-4-6-2-1-3-10-7(6)11-5-9/h1-3H,(H,10,11). The number of nitrogens with zero attached hydrogens (tertiary/aromatic N) is 3. The molecule has 0 spiro atoms. The molecule has 0 radical (unpaired) electrons. The molecule has 52 valence electrons. The van der Waals surface area contributed by atoms with E-state index in [-0.39, 0.29) is 0 Å². The number of rotatable bonds is 1. The Kier molecular flexibility index (Phi) is 2.04. The molecular formula is C7H4N4. The Bertz CT molecular complexity index is 331. The highest BCUT2D eigenvalue weighted by atomic mass is 15.0. The van der Waals surface area contributed by atoms with Gasteiger partial charge in [0.15, 0.2) is 12.0 Å². The van der Waals surface area contributed by atoms with Crippen LogP contribution in [0.15, 0.2) is 18.3 Å². The van der Waals surface area contributed by atoms with Crippen LogP contribution in [0.25, 0.3) is 0 Å². The second-order valence-electron chi connectivity index (χ2n) is 1.75. The van der Waals surface area contributed by atoms with Gasteiger partial charge in [0.25, 0.3) is 0 Å². The summed E-state index contributed by atoms with van der Waals surface area (Å²) in [6.07, 6.45) is 3.21. The number of hydrogen-bond donors (Lipinski definition) is 1. The highest BCUT2D eigenvalue weighted by Gasteiger charge is 1.98. The molecule has 0 atom stereocenters. The van der Waals surface area contributed by atoms with Gasteiger partial charge in [0.1, 0.15) is 6.07 Å². The largest absolute Gasteiger partial charge is 0.276 e. The first-order valence-corrected chi connectivity index (χ1v) is 2.88. The number of anilines is 1. The van der Waals surface area contributed by atoms with Crippen molar-refractivity contribution in [2.24, 2.45) is 0 Å². The van der Waals surface area contributed by atoms with Crippen molar-refractivity contribution in [1.82, 2.24) is 4.98 Å². The summed E-state index contributed by atoms with van der Waals surface area (Å²) in [6, 6.07) is 5.13. The molecule has 1 rings (SSSR count). The number of aromatic nitrogens is 1. The first-order chi connectivity index (χ1) is 5.38. The lowest BCUT2D eigenvalue weighted by Gasteiger charge is -1.95. The zero-order valence-corrected chi connectivity index (χ0v) is 5.57. The molecule has 1 aromatic heterocycles. The number of nitriles is 2. The van der Waals surface area contributed by atoms with Gasteiger partial charge in [-0.05, 0) is 12.1 Å². The van der Waals surface area contributed by atoms with Crippen LogP contribution in [0.1, 0.15) is 5.56 Å². The van der Waals surface area contributed by atoms with Crippen molar-refractivity contribution in [1.29, 1.82) is 10.5 Å². The van der Waals surface area contributed by atoms with E-state index in [9.17, 15) is 0 Å². The van der Waals surface area contributed by atoms with Gasteiger partial charge < -0.3 is 0 Å². The third-order valence-corrected chi connectivity index (χ3v) is 1.10. The molecule has 0 aliphatic rings. The van der Waals surface area contributed by atoms with Crippen molar-refractivity contribution in [2.75, 3.05) is 5.32 Å². The zero-order chi connectivity index (χ0) is 8.10. The zero-order valence-electron chi connectivity index (χ0n) is 5.57. The van der Waals surface area contributed by atoms with Crippen LogP contribution in [0, 0.1) is 22.8 Å². The summed E-state index contributed by atoms with van der Waals surface area (Å²) in [5.74, 6) is 0.303. The fourth-order valence-electron chi connectivity index (χ4n) is 0.648. The Balaban J connectivity index is 3.07. The van der Waals surface area contributed by atoms with Crippen LogP contribution in [0.4, 0.5) is 5.82 Å². The van der Waals surface area contributed by atoms with Gasteiger partial charge in [0.05, 0.1) is 5.56 Å². The first-order valence-electron chi connectivity index (χ1n) is 2.88. The molecule has 4 heteroatoms. The molecule has 0 bridgehead atoms. The van der Waals surface area contributed by atoms with E-state index in [1.807, 2.05) is 6.07 Å². The van der Waals surface area contributed by atoms with Crippen molar-refractivity contribution in [3.8, 4) is 12.3 Å². The summed E-state index contributed by atoms with van der Waals surface area (Å²) in [5.41, 5.74) is 0.369. The molecule has 0 saturated heterocycles. The normalized spacial score (nSPS) is 7.82. The minimum Gasteiger partial charge on any atom is -0.276 e. The lowest BCUT2D eigenvalue weighted by molar-refractivity contribution is 1.28. The van der Waals surface area contributed by atoms with Gasteiger partial charge >= 0.3 is 0 Å². The molecule has 4 nitrogen and oxygen atoms in total. The fourth-order valence-corrected chi connectivity index (χ4v) is 0.648. The van der Waals surface area contributed by atoms with Gasteiger partial charge in [0, 0.05) is 6.20 Å². The second kappa shape index (κ2) is 3.19. The molecule has 1 N–H and O–H groups in total. The van der Waals surface area contributed by atoms with Gasteiger partial charge in [0.2, 0.25) is 0 Å². The van der Waals surface area contributed by atoms with Crippen LogP contribution in [0.3, 0.4) is 0 Å². The SMILES string of the molecule is N#CNc1ncccc1C#N. The predicted molar refractivity (Wildman–Crippen MR) is 38.2 cm³/mol. The van der Waals surface area contributed by atoms with E-state index in [1.165, 1.54) is 6.20 Å². The van der Waals surface area contributed by atoms with Gasteiger partial charge in [-0.3, -0.25) is 5.32 Å². The Hall–Kier alpha value is -2.07. The molecule has 0 fully saturated rings. The van der Waals surface area contributed by atoms with Crippen LogP contribution in [-0.2, 0) is 0 Å². The quantitative estimate of drug-likeness (QED) is 0.468. The summed E-state index contributed by atoms with van der Waals surface area (Å²) in [6.45, 7) is 0. The minimum absolute atomic E-state index is 0.303. The molecule has 0 aliphatic carbocycles. The smallest absolute Gasteiger partial charge is 0.182 e. The van der Waals surface area contributed by atoms with Gasteiger partial charge in [-0.1, -0.05) is 0 Å². The number of hydrogen-bond acceptors (Lipinski definition) is 4. The van der Waals surface area contributed by atoms with Crippen LogP contribution >= 0.6 is 0 Å². The van der Waals surface area contributed by atoms with Crippen molar-refractivity contribution in [2.45, 2.75) is 0 Å². The van der Waals surface area contributed by atoms with Crippen molar-refractivity contribution >= 4 is 5.82 Å². The average molecular weight is 144 g/mol. The predicted octanol–water partition coefficient (Wildman–Crippen LogP) is 0.846. The summed E-state index contributed by atoms with van der Waals surface area (Å²) in [5, 5.41) is 19.0. The third kappa shape index (κ3) is 1.44. The summed E-state index contributed by atoms with van der Waals surface area (Å²) >= 11 is 0. The molecule has 0 aliphatic heterocycles. The van der Waals surface area contributed by atoms with Crippen LogP contribution in [0.5, 0.6) is 0 Å². The summed E-state index contributed by atoms with van der Waals surface area (Å²) in [7, 11) is 0. The Morgan fingerprint density at radius 1 is 1.45 bits per heavy atom. The monoisotopic (exact) mass is 144 g/mol. The molecule has 11 heavy (non-hydrogen) atoms. The first kappa shape index (κ1) is 7.04. The Labute approximate surface area is 63.7 Å². The van der Waals surface area contributed by atoms with Crippen molar-refractivity contribution < 1.29 is 0 Å². The van der Waals surface area contributed by atoms with E-state index in [1.54, 1.807) is 18.3 Å². The summed E-state index contributed by atoms with van der Waals surface area (Å²) in [4.78, 5) is 3.78. The van der Waals surface area contributed by atoms with Crippen molar-refractivity contribution in [3.63, 3.8) is 0 Å². The molecule has 0 aromatic carbocycles. The van der Waals surface area contributed by atoms with E-state index in [0.717, 1.165) is 0 Å². The molecule has 1 heterocycles. The van der Waals surface area contributed by atoms with E-state index in [4.69, 9.17) is 10.5 Å². The van der Waals surface area contributed by atoms with E-state index >= 15 is 0 Å². The van der Waals surface area contributed by atoms with Crippen LogP contribution < -0.4 is 5.32 Å². The number of pyridine rings is 1. The van der Waals surface area contributed by atoms with Crippen LogP contribution in [-0.4, -0.2) is 4.98 Å². The van der Waals surface area contributed by atoms with Gasteiger partial charge in [-0.25, -0.2) is 4.98 Å². The maximum Gasteiger partial charge on any atom is 0.182 e. The van der Waals surface area contributed by atoms with Crippen molar-refractivity contribution in [3.05, 3.63) is 23.9 Å². The van der Waals surface area contributed by atoms with E-state index < -0.39 is 0 Å². The highest BCUT2D eigenvalue weighted by Crippen LogP contribution is 2.07. The molecular weight excluding hydrogens is 140 g/mol. The fraction of sp³-hybridized carbons (Fsp3) is 0.